The zero-order valence-electron chi connectivity index (χ0n) is 13.1. The number of sulfonamides is 1. The van der Waals surface area contributed by atoms with E-state index in [4.69, 9.17) is 0 Å². The van der Waals surface area contributed by atoms with E-state index < -0.39 is 38.4 Å². The highest BCUT2D eigenvalue weighted by Gasteiger charge is 2.21. The summed E-state index contributed by atoms with van der Waals surface area (Å²) in [4.78, 5) is 1.21. The molecular weight excluding hydrogens is 341 g/mol. The standard InChI is InChI=1S/C16H17F3N2O2S/c1-21(2)16(11-4-3-5-12(17)6-11)10-20-24(22,23)15-8-13(18)7-14(19)9-15/h3-9,16,20H,10H2,1-2H3/t16-/m1/s1. The second-order valence-corrected chi connectivity index (χ2v) is 7.26. The summed E-state index contributed by atoms with van der Waals surface area (Å²) in [5.74, 6) is -2.40. The van der Waals surface area contributed by atoms with Crippen LogP contribution in [0.25, 0.3) is 0 Å². The number of likely N-dealkylation sites (N-methyl/N-ethyl adjacent to an activating group) is 1. The average molecular weight is 358 g/mol. The quantitative estimate of drug-likeness (QED) is 0.864. The van der Waals surface area contributed by atoms with Crippen LogP contribution in [-0.2, 0) is 10.0 Å². The molecule has 0 heterocycles. The lowest BCUT2D eigenvalue weighted by Crippen LogP contribution is -2.34. The maximum atomic E-state index is 13.4. The first-order valence-electron chi connectivity index (χ1n) is 7.07. The minimum atomic E-state index is -4.10. The van der Waals surface area contributed by atoms with Crippen LogP contribution in [0.3, 0.4) is 0 Å². The van der Waals surface area contributed by atoms with Crippen LogP contribution in [-0.4, -0.2) is 34.0 Å². The average Bonchev–Trinajstić information content (AvgIpc) is 2.46. The number of rotatable bonds is 6. The fourth-order valence-electron chi connectivity index (χ4n) is 2.27. The zero-order chi connectivity index (χ0) is 17.9. The molecule has 0 aromatic heterocycles. The monoisotopic (exact) mass is 358 g/mol. The molecule has 0 saturated heterocycles. The van der Waals surface area contributed by atoms with E-state index in [1.807, 2.05) is 0 Å². The molecule has 4 nitrogen and oxygen atoms in total. The predicted octanol–water partition coefficient (Wildman–Crippen LogP) is 2.69. The van der Waals surface area contributed by atoms with Crippen molar-refractivity contribution in [3.05, 3.63) is 65.5 Å². The van der Waals surface area contributed by atoms with Crippen LogP contribution in [0.1, 0.15) is 11.6 Å². The van der Waals surface area contributed by atoms with Gasteiger partial charge in [-0.15, -0.1) is 0 Å². The van der Waals surface area contributed by atoms with Crippen LogP contribution in [0.5, 0.6) is 0 Å². The summed E-state index contributed by atoms with van der Waals surface area (Å²) in [6, 6.07) is 7.40. The van der Waals surface area contributed by atoms with Gasteiger partial charge in [-0.3, -0.25) is 0 Å². The van der Waals surface area contributed by atoms with Crippen LogP contribution in [0.4, 0.5) is 13.2 Å². The number of halogens is 3. The molecule has 0 radical (unpaired) electrons. The zero-order valence-corrected chi connectivity index (χ0v) is 13.9. The Hall–Kier alpha value is -1.90. The molecule has 0 aliphatic rings. The van der Waals surface area contributed by atoms with E-state index in [1.54, 1.807) is 25.1 Å². The van der Waals surface area contributed by atoms with E-state index in [1.165, 1.54) is 18.2 Å². The maximum Gasteiger partial charge on any atom is 0.240 e. The van der Waals surface area contributed by atoms with Crippen molar-refractivity contribution >= 4 is 10.0 Å². The molecule has 0 fully saturated rings. The first kappa shape index (κ1) is 18.4. The molecule has 0 saturated carbocycles. The van der Waals surface area contributed by atoms with Crippen LogP contribution >= 0.6 is 0 Å². The molecule has 8 heteroatoms. The SMILES string of the molecule is CN(C)[C@H](CNS(=O)(=O)c1cc(F)cc(F)c1)c1cccc(F)c1. The van der Waals surface area contributed by atoms with E-state index in [2.05, 4.69) is 4.72 Å². The molecular formula is C16H17F3N2O2S. The lowest BCUT2D eigenvalue weighted by Gasteiger charge is -2.25. The van der Waals surface area contributed by atoms with Crippen LogP contribution < -0.4 is 4.72 Å². The molecule has 2 aromatic rings. The van der Waals surface area contributed by atoms with Gasteiger partial charge in [0.2, 0.25) is 10.0 Å². The number of nitrogens with zero attached hydrogens (tertiary/aromatic N) is 1. The van der Waals surface area contributed by atoms with Gasteiger partial charge in [-0.1, -0.05) is 12.1 Å². The number of benzene rings is 2. The van der Waals surface area contributed by atoms with Gasteiger partial charge < -0.3 is 4.90 Å². The topological polar surface area (TPSA) is 49.4 Å². The number of hydrogen-bond acceptors (Lipinski definition) is 3. The molecule has 2 rings (SSSR count). The van der Waals surface area contributed by atoms with Gasteiger partial charge >= 0.3 is 0 Å². The Kier molecular flexibility index (Phi) is 5.63. The van der Waals surface area contributed by atoms with E-state index in [9.17, 15) is 21.6 Å². The van der Waals surface area contributed by atoms with Crippen molar-refractivity contribution in [1.82, 2.24) is 9.62 Å². The summed E-state index contributed by atoms with van der Waals surface area (Å²) in [5, 5.41) is 0. The second-order valence-electron chi connectivity index (χ2n) is 5.49. The Labute approximate surface area is 139 Å². The molecule has 1 N–H and O–H groups in total. The Balaban J connectivity index is 2.22. The van der Waals surface area contributed by atoms with Crippen LogP contribution in [0, 0.1) is 17.5 Å². The number of hydrogen-bond donors (Lipinski definition) is 1. The Morgan fingerprint density at radius 2 is 1.62 bits per heavy atom. The van der Waals surface area contributed by atoms with Crippen molar-refractivity contribution in [2.24, 2.45) is 0 Å². The highest BCUT2D eigenvalue weighted by Crippen LogP contribution is 2.20. The molecule has 0 aliphatic carbocycles. The van der Waals surface area contributed by atoms with Crippen molar-refractivity contribution < 1.29 is 21.6 Å². The third-order valence-electron chi connectivity index (χ3n) is 3.47. The molecule has 1 atom stereocenters. The molecule has 0 unspecified atom stereocenters. The molecule has 2 aromatic carbocycles. The largest absolute Gasteiger partial charge is 0.301 e. The summed E-state index contributed by atoms with van der Waals surface area (Å²) in [7, 11) is -0.674. The Bertz CT molecular complexity index is 806. The fraction of sp³-hybridized carbons (Fsp3) is 0.250. The van der Waals surface area contributed by atoms with E-state index in [0.29, 0.717) is 11.6 Å². The summed E-state index contributed by atoms with van der Waals surface area (Å²) in [6.07, 6.45) is 0. The molecule has 0 spiro atoms. The van der Waals surface area contributed by atoms with Gasteiger partial charge in [-0.25, -0.2) is 26.3 Å². The third kappa shape index (κ3) is 4.56. The van der Waals surface area contributed by atoms with Gasteiger partial charge in [-0.2, -0.15) is 0 Å². The van der Waals surface area contributed by atoms with E-state index in [-0.39, 0.29) is 6.54 Å². The Morgan fingerprint density at radius 3 is 2.17 bits per heavy atom. The minimum Gasteiger partial charge on any atom is -0.301 e. The summed E-state index contributed by atoms with van der Waals surface area (Å²) < 4.78 is 66.6. The van der Waals surface area contributed by atoms with E-state index >= 15 is 0 Å². The smallest absolute Gasteiger partial charge is 0.240 e. The maximum absolute atomic E-state index is 13.4. The molecule has 24 heavy (non-hydrogen) atoms. The predicted molar refractivity (Wildman–Crippen MR) is 84.4 cm³/mol. The normalized spacial score (nSPS) is 13.2. The van der Waals surface area contributed by atoms with Crippen molar-refractivity contribution in [2.75, 3.05) is 20.6 Å². The van der Waals surface area contributed by atoms with Gasteiger partial charge in [0.1, 0.15) is 17.5 Å². The number of nitrogens with one attached hydrogen (secondary N) is 1. The lowest BCUT2D eigenvalue weighted by atomic mass is 10.1. The highest BCUT2D eigenvalue weighted by molar-refractivity contribution is 7.89. The van der Waals surface area contributed by atoms with Crippen molar-refractivity contribution in [3.63, 3.8) is 0 Å². The summed E-state index contributed by atoms with van der Waals surface area (Å²) in [6.45, 7) is -0.0864. The molecule has 0 aliphatic heterocycles. The van der Waals surface area contributed by atoms with Gasteiger partial charge in [0, 0.05) is 18.7 Å². The molecule has 0 bridgehead atoms. The van der Waals surface area contributed by atoms with Crippen molar-refractivity contribution in [1.29, 1.82) is 0 Å². The van der Waals surface area contributed by atoms with Gasteiger partial charge in [0.25, 0.3) is 0 Å². The van der Waals surface area contributed by atoms with Gasteiger partial charge in [-0.05, 0) is 43.9 Å². The highest BCUT2D eigenvalue weighted by atomic mass is 32.2. The molecule has 130 valence electrons. The second kappa shape index (κ2) is 7.33. The van der Waals surface area contributed by atoms with E-state index in [0.717, 1.165) is 12.1 Å². The minimum absolute atomic E-state index is 0.0864. The summed E-state index contributed by atoms with van der Waals surface area (Å²) >= 11 is 0. The van der Waals surface area contributed by atoms with Crippen LogP contribution in [0.2, 0.25) is 0 Å². The Morgan fingerprint density at radius 1 is 1.00 bits per heavy atom. The third-order valence-corrected chi connectivity index (χ3v) is 4.87. The first-order chi connectivity index (χ1) is 11.2. The van der Waals surface area contributed by atoms with Gasteiger partial charge in [0.05, 0.1) is 4.90 Å². The van der Waals surface area contributed by atoms with Crippen LogP contribution in [0.15, 0.2) is 47.4 Å². The lowest BCUT2D eigenvalue weighted by molar-refractivity contribution is 0.298. The fourth-order valence-corrected chi connectivity index (χ4v) is 3.35. The first-order valence-corrected chi connectivity index (χ1v) is 8.55. The summed E-state index contributed by atoms with van der Waals surface area (Å²) in [5.41, 5.74) is 0.577. The van der Waals surface area contributed by atoms with Gasteiger partial charge in [0.15, 0.2) is 0 Å². The molecule has 0 amide bonds. The van der Waals surface area contributed by atoms with Crippen molar-refractivity contribution in [2.45, 2.75) is 10.9 Å². The van der Waals surface area contributed by atoms with Crippen molar-refractivity contribution in [3.8, 4) is 0 Å².